The molecule has 2 nitrogen and oxygen atoms in total. The molecule has 0 fully saturated rings. The van der Waals surface area contributed by atoms with Crippen molar-refractivity contribution in [2.24, 2.45) is 0 Å². The van der Waals surface area contributed by atoms with Gasteiger partial charge in [-0.15, -0.1) is 11.3 Å². The molecule has 20 heavy (non-hydrogen) atoms. The zero-order chi connectivity index (χ0) is 13.8. The molecular weight excluding hydrogens is 266 g/mol. The number of hydrogen-bond donors (Lipinski definition) is 1. The summed E-state index contributed by atoms with van der Waals surface area (Å²) in [6.07, 6.45) is 2.25. The van der Waals surface area contributed by atoms with Gasteiger partial charge in [0, 0.05) is 22.4 Å². The number of fused-ring (bicyclic) bond motifs is 1. The zero-order valence-corrected chi connectivity index (χ0v) is 12.7. The van der Waals surface area contributed by atoms with Gasteiger partial charge < -0.3 is 10.1 Å². The molecule has 2 heterocycles. The summed E-state index contributed by atoms with van der Waals surface area (Å²) in [6, 6.07) is 13.3. The molecule has 1 aliphatic heterocycles. The van der Waals surface area contributed by atoms with Crippen molar-refractivity contribution < 1.29 is 4.74 Å². The minimum absolute atomic E-state index is 0.456. The molecule has 0 aliphatic carbocycles. The lowest BCUT2D eigenvalue weighted by Gasteiger charge is -2.23. The van der Waals surface area contributed by atoms with Crippen molar-refractivity contribution in [3.8, 4) is 5.75 Å². The van der Waals surface area contributed by atoms with Crippen molar-refractivity contribution in [1.82, 2.24) is 5.32 Å². The van der Waals surface area contributed by atoms with Gasteiger partial charge in [-0.1, -0.05) is 31.2 Å². The average Bonchev–Trinajstić information content (AvgIpc) is 3.12. The molecule has 2 atom stereocenters. The summed E-state index contributed by atoms with van der Waals surface area (Å²) >= 11 is 1.84. The molecule has 1 N–H and O–H groups in total. The molecule has 3 rings (SSSR count). The minimum atomic E-state index is 0.456. The fraction of sp³-hybridized carbons (Fsp3) is 0.412. The topological polar surface area (TPSA) is 21.3 Å². The Morgan fingerprint density at radius 2 is 2.20 bits per heavy atom. The van der Waals surface area contributed by atoms with Crippen molar-refractivity contribution >= 4 is 11.3 Å². The van der Waals surface area contributed by atoms with E-state index in [0.717, 1.165) is 31.7 Å². The highest BCUT2D eigenvalue weighted by Gasteiger charge is 2.31. The van der Waals surface area contributed by atoms with Crippen LogP contribution in [0, 0.1) is 0 Å². The Morgan fingerprint density at radius 3 is 3.00 bits per heavy atom. The van der Waals surface area contributed by atoms with E-state index in [9.17, 15) is 0 Å². The van der Waals surface area contributed by atoms with Crippen molar-refractivity contribution in [3.05, 3.63) is 52.2 Å². The zero-order valence-electron chi connectivity index (χ0n) is 11.8. The monoisotopic (exact) mass is 287 g/mol. The minimum Gasteiger partial charge on any atom is -0.493 e. The normalized spacial score (nSPS) is 18.6. The van der Waals surface area contributed by atoms with Gasteiger partial charge in [-0.3, -0.25) is 0 Å². The van der Waals surface area contributed by atoms with Crippen LogP contribution < -0.4 is 10.1 Å². The van der Waals surface area contributed by atoms with E-state index in [-0.39, 0.29) is 0 Å². The molecule has 0 spiro atoms. The van der Waals surface area contributed by atoms with Gasteiger partial charge in [0.25, 0.3) is 0 Å². The number of thiophene rings is 1. The van der Waals surface area contributed by atoms with Gasteiger partial charge in [0.15, 0.2) is 0 Å². The van der Waals surface area contributed by atoms with Gasteiger partial charge in [0.1, 0.15) is 5.75 Å². The highest BCUT2D eigenvalue weighted by atomic mass is 32.1. The lowest BCUT2D eigenvalue weighted by atomic mass is 9.90. The lowest BCUT2D eigenvalue weighted by molar-refractivity contribution is 0.297. The summed E-state index contributed by atoms with van der Waals surface area (Å²) < 4.78 is 5.85. The number of rotatable bonds is 6. The molecule has 0 amide bonds. The van der Waals surface area contributed by atoms with Crippen LogP contribution in [0.3, 0.4) is 0 Å². The smallest absolute Gasteiger partial charge is 0.122 e. The van der Waals surface area contributed by atoms with Gasteiger partial charge in [0.05, 0.1) is 6.61 Å². The molecule has 0 radical (unpaired) electrons. The molecule has 1 aliphatic rings. The van der Waals surface area contributed by atoms with E-state index in [4.69, 9.17) is 4.74 Å². The molecule has 3 heteroatoms. The van der Waals surface area contributed by atoms with Crippen molar-refractivity contribution in [2.75, 3.05) is 13.2 Å². The number of hydrogen-bond acceptors (Lipinski definition) is 3. The molecule has 1 aromatic heterocycles. The van der Waals surface area contributed by atoms with Gasteiger partial charge in [0.2, 0.25) is 0 Å². The largest absolute Gasteiger partial charge is 0.493 e. The standard InChI is InChI=1S/C17H21NOS/c1-2-9-18-16(11-13-6-5-10-20-13)15-12-19-17-8-4-3-7-14(15)17/h3-8,10,15-16,18H,2,9,11-12H2,1H3. The second kappa shape index (κ2) is 6.42. The SMILES string of the molecule is CCCNC(Cc1cccs1)C1COc2ccccc21. The number of nitrogens with one attached hydrogen (secondary N) is 1. The average molecular weight is 287 g/mol. The van der Waals surface area contributed by atoms with Crippen molar-refractivity contribution in [2.45, 2.75) is 31.7 Å². The quantitative estimate of drug-likeness (QED) is 0.871. The van der Waals surface area contributed by atoms with Gasteiger partial charge in [-0.25, -0.2) is 0 Å². The fourth-order valence-corrected chi connectivity index (χ4v) is 3.62. The van der Waals surface area contributed by atoms with Crippen molar-refractivity contribution in [3.63, 3.8) is 0 Å². The third-order valence-corrected chi connectivity index (χ3v) is 4.78. The third kappa shape index (κ3) is 2.89. The molecule has 0 saturated carbocycles. The maximum atomic E-state index is 5.85. The predicted octanol–water partition coefficient (Wildman–Crippen LogP) is 3.84. The second-order valence-electron chi connectivity index (χ2n) is 5.30. The summed E-state index contributed by atoms with van der Waals surface area (Å²) in [5.74, 6) is 1.52. The van der Waals surface area contributed by atoms with Crippen LogP contribution in [0.25, 0.3) is 0 Å². The summed E-state index contributed by atoms with van der Waals surface area (Å²) in [4.78, 5) is 1.45. The summed E-state index contributed by atoms with van der Waals surface area (Å²) in [7, 11) is 0. The highest BCUT2D eigenvalue weighted by Crippen LogP contribution is 2.36. The summed E-state index contributed by atoms with van der Waals surface area (Å²) in [5, 5.41) is 5.88. The first-order chi connectivity index (χ1) is 9.88. The Hall–Kier alpha value is -1.32. The van der Waals surface area contributed by atoms with Crippen LogP contribution in [-0.2, 0) is 6.42 Å². The Bertz CT molecular complexity index is 538. The Kier molecular flexibility index (Phi) is 4.38. The Morgan fingerprint density at radius 1 is 1.30 bits per heavy atom. The predicted molar refractivity (Wildman–Crippen MR) is 84.8 cm³/mol. The Balaban J connectivity index is 1.79. The highest BCUT2D eigenvalue weighted by molar-refractivity contribution is 7.09. The van der Waals surface area contributed by atoms with Crippen LogP contribution in [0.5, 0.6) is 5.75 Å². The van der Waals surface area contributed by atoms with Crippen LogP contribution in [0.15, 0.2) is 41.8 Å². The molecule has 106 valence electrons. The van der Waals surface area contributed by atoms with Crippen LogP contribution in [0.4, 0.5) is 0 Å². The third-order valence-electron chi connectivity index (χ3n) is 3.88. The summed E-state index contributed by atoms with van der Waals surface area (Å²) in [6.45, 7) is 4.08. The van der Waals surface area contributed by atoms with E-state index >= 15 is 0 Å². The molecule has 1 aromatic carbocycles. The molecule has 2 unspecified atom stereocenters. The van der Waals surface area contributed by atoms with Crippen LogP contribution >= 0.6 is 11.3 Å². The van der Waals surface area contributed by atoms with Gasteiger partial charge in [-0.2, -0.15) is 0 Å². The van der Waals surface area contributed by atoms with E-state index in [1.54, 1.807) is 0 Å². The van der Waals surface area contributed by atoms with Gasteiger partial charge >= 0.3 is 0 Å². The maximum absolute atomic E-state index is 5.85. The lowest BCUT2D eigenvalue weighted by Crippen LogP contribution is -2.37. The number of para-hydroxylation sites is 1. The van der Waals surface area contributed by atoms with E-state index in [0.29, 0.717) is 12.0 Å². The molecule has 0 saturated heterocycles. The van der Waals surface area contributed by atoms with E-state index < -0.39 is 0 Å². The fourth-order valence-electron chi connectivity index (χ4n) is 2.85. The summed E-state index contributed by atoms with van der Waals surface area (Å²) in [5.41, 5.74) is 1.36. The van der Waals surface area contributed by atoms with E-state index in [1.807, 2.05) is 11.3 Å². The first-order valence-electron chi connectivity index (χ1n) is 7.36. The maximum Gasteiger partial charge on any atom is 0.122 e. The number of ether oxygens (including phenoxy) is 1. The number of benzene rings is 1. The van der Waals surface area contributed by atoms with Crippen molar-refractivity contribution in [1.29, 1.82) is 0 Å². The second-order valence-corrected chi connectivity index (χ2v) is 6.33. The first kappa shape index (κ1) is 13.7. The molecule has 2 aromatic rings. The molecular formula is C17H21NOS. The first-order valence-corrected chi connectivity index (χ1v) is 8.24. The van der Waals surface area contributed by atoms with Gasteiger partial charge in [-0.05, 0) is 36.9 Å². The van der Waals surface area contributed by atoms with Crippen LogP contribution in [-0.4, -0.2) is 19.2 Å². The Labute approximate surface area is 124 Å². The van der Waals surface area contributed by atoms with Crippen LogP contribution in [0.2, 0.25) is 0 Å². The molecule has 0 bridgehead atoms. The van der Waals surface area contributed by atoms with Crippen LogP contribution in [0.1, 0.15) is 29.7 Å². The van der Waals surface area contributed by atoms with E-state index in [2.05, 4.69) is 54.0 Å². The van der Waals surface area contributed by atoms with E-state index in [1.165, 1.54) is 10.4 Å².